The Morgan fingerprint density at radius 2 is 1.86 bits per heavy atom. The van der Waals surface area contributed by atoms with E-state index in [1.54, 1.807) is 0 Å². The van der Waals surface area contributed by atoms with E-state index >= 15 is 0 Å². The molecule has 14 heavy (non-hydrogen) atoms. The van der Waals surface area contributed by atoms with Crippen LogP contribution >= 0.6 is 0 Å². The van der Waals surface area contributed by atoms with Crippen molar-refractivity contribution >= 4 is 11.7 Å². The van der Waals surface area contributed by atoms with Crippen molar-refractivity contribution in [3.63, 3.8) is 0 Å². The van der Waals surface area contributed by atoms with E-state index < -0.39 is 33.8 Å². The summed E-state index contributed by atoms with van der Waals surface area (Å²) in [5, 5.41) is 20.3. The molecular formula is C7H2F2NO4-. The molecule has 1 aromatic rings. The molecule has 0 heterocycles. The smallest absolute Gasteiger partial charge is 0.307 e. The van der Waals surface area contributed by atoms with Gasteiger partial charge in [-0.2, -0.15) is 4.39 Å². The first kappa shape index (κ1) is 10.0. The maximum absolute atomic E-state index is 12.7. The predicted octanol–water partition coefficient (Wildman–Crippen LogP) is 0.236. The van der Waals surface area contributed by atoms with E-state index in [1.165, 1.54) is 0 Å². The predicted molar refractivity (Wildman–Crippen MR) is 37.3 cm³/mol. The Morgan fingerprint density at radius 1 is 1.29 bits per heavy atom. The largest absolute Gasteiger partial charge is 0.545 e. The van der Waals surface area contributed by atoms with Crippen molar-refractivity contribution in [2.75, 3.05) is 0 Å². The van der Waals surface area contributed by atoms with E-state index in [0.717, 1.165) is 0 Å². The van der Waals surface area contributed by atoms with Crippen LogP contribution < -0.4 is 5.11 Å². The summed E-state index contributed by atoms with van der Waals surface area (Å²) in [6, 6.07) is 0.406. The first-order valence-corrected chi connectivity index (χ1v) is 3.28. The summed E-state index contributed by atoms with van der Waals surface area (Å²) < 4.78 is 25.5. The molecule has 0 aromatic heterocycles. The lowest BCUT2D eigenvalue weighted by atomic mass is 10.2. The second-order valence-electron chi connectivity index (χ2n) is 2.33. The SMILES string of the molecule is O=C([O-])c1cc(F)c([N+](=O)[O-])cc1F. The number of nitro groups is 1. The van der Waals surface area contributed by atoms with E-state index in [9.17, 15) is 28.8 Å². The molecule has 0 aliphatic heterocycles. The van der Waals surface area contributed by atoms with Crippen molar-refractivity contribution < 1.29 is 23.6 Å². The van der Waals surface area contributed by atoms with Crippen LogP contribution in [-0.4, -0.2) is 10.9 Å². The molecule has 0 fully saturated rings. The minimum Gasteiger partial charge on any atom is -0.545 e. The summed E-state index contributed by atoms with van der Waals surface area (Å²) in [5.74, 6) is -4.76. The fourth-order valence-corrected chi connectivity index (χ4v) is 0.833. The Morgan fingerprint density at radius 3 is 2.29 bits per heavy atom. The summed E-state index contributed by atoms with van der Waals surface area (Å²) in [4.78, 5) is 19.1. The van der Waals surface area contributed by atoms with E-state index in [0.29, 0.717) is 0 Å². The second-order valence-corrected chi connectivity index (χ2v) is 2.33. The molecule has 74 valence electrons. The molecule has 5 nitrogen and oxygen atoms in total. The number of rotatable bonds is 2. The van der Waals surface area contributed by atoms with Gasteiger partial charge in [-0.25, -0.2) is 4.39 Å². The second kappa shape index (κ2) is 3.36. The van der Waals surface area contributed by atoms with Crippen LogP contribution in [0, 0.1) is 21.7 Å². The van der Waals surface area contributed by atoms with Crippen molar-refractivity contribution in [1.82, 2.24) is 0 Å². The molecule has 0 unspecified atom stereocenters. The van der Waals surface area contributed by atoms with Crippen molar-refractivity contribution in [1.29, 1.82) is 0 Å². The lowest BCUT2D eigenvalue weighted by molar-refractivity contribution is -0.387. The van der Waals surface area contributed by atoms with E-state index in [4.69, 9.17) is 0 Å². The van der Waals surface area contributed by atoms with Gasteiger partial charge in [0, 0.05) is 5.56 Å². The molecule has 0 atom stereocenters. The fraction of sp³-hybridized carbons (Fsp3) is 0. The molecule has 0 bridgehead atoms. The van der Waals surface area contributed by atoms with Crippen molar-refractivity contribution in [3.8, 4) is 0 Å². The van der Waals surface area contributed by atoms with Crippen molar-refractivity contribution in [3.05, 3.63) is 39.4 Å². The standard InChI is InChI=1S/C7H3F2NO4/c8-4-2-6(10(13)14)5(9)1-3(4)7(11)12/h1-2H,(H,11,12)/p-1. The average Bonchev–Trinajstić information content (AvgIpc) is 2.07. The van der Waals surface area contributed by atoms with Gasteiger partial charge in [-0.1, -0.05) is 0 Å². The molecule has 7 heteroatoms. The fourth-order valence-electron chi connectivity index (χ4n) is 0.833. The van der Waals surface area contributed by atoms with Gasteiger partial charge in [-0.05, 0) is 6.07 Å². The molecule has 0 aliphatic rings. The monoisotopic (exact) mass is 202 g/mol. The number of aromatic carboxylic acids is 1. The summed E-state index contributed by atoms with van der Waals surface area (Å²) in [7, 11) is 0. The van der Waals surface area contributed by atoms with Crippen LogP contribution in [0.4, 0.5) is 14.5 Å². The van der Waals surface area contributed by atoms with Gasteiger partial charge in [0.1, 0.15) is 5.82 Å². The topological polar surface area (TPSA) is 83.3 Å². The molecule has 0 radical (unpaired) electrons. The molecule has 1 aromatic carbocycles. The third-order valence-corrected chi connectivity index (χ3v) is 1.45. The first-order chi connectivity index (χ1) is 6.43. The quantitative estimate of drug-likeness (QED) is 0.507. The van der Waals surface area contributed by atoms with Gasteiger partial charge in [0.25, 0.3) is 0 Å². The summed E-state index contributed by atoms with van der Waals surface area (Å²) in [5.41, 5.74) is -2.17. The molecule has 0 N–H and O–H groups in total. The third kappa shape index (κ3) is 1.65. The molecule has 0 amide bonds. The maximum Gasteiger partial charge on any atom is 0.307 e. The van der Waals surface area contributed by atoms with Gasteiger partial charge < -0.3 is 9.90 Å². The Hall–Kier alpha value is -2.05. The lowest BCUT2D eigenvalue weighted by Gasteiger charge is -2.03. The molecule has 1 rings (SSSR count). The number of hydrogen-bond donors (Lipinski definition) is 0. The number of nitrogens with zero attached hydrogens (tertiary/aromatic N) is 1. The number of carbonyl (C=O) groups excluding carboxylic acids is 1. The normalized spacial score (nSPS) is 9.86. The van der Waals surface area contributed by atoms with Gasteiger partial charge in [0.2, 0.25) is 5.82 Å². The molecule has 0 spiro atoms. The van der Waals surface area contributed by atoms with Gasteiger partial charge in [-0.15, -0.1) is 0 Å². The summed E-state index contributed by atoms with van der Waals surface area (Å²) in [6.45, 7) is 0. The zero-order valence-electron chi connectivity index (χ0n) is 6.49. The third-order valence-electron chi connectivity index (χ3n) is 1.45. The van der Waals surface area contributed by atoms with Crippen LogP contribution in [0.1, 0.15) is 10.4 Å². The Balaban J connectivity index is 3.38. The zero-order chi connectivity index (χ0) is 10.9. The summed E-state index contributed by atoms with van der Waals surface area (Å²) >= 11 is 0. The number of carbonyl (C=O) groups is 1. The highest BCUT2D eigenvalue weighted by molar-refractivity contribution is 5.86. The number of halogens is 2. The first-order valence-electron chi connectivity index (χ1n) is 3.28. The highest BCUT2D eigenvalue weighted by atomic mass is 19.1. The van der Waals surface area contributed by atoms with Crippen LogP contribution in [-0.2, 0) is 0 Å². The molecule has 0 saturated heterocycles. The lowest BCUT2D eigenvalue weighted by Crippen LogP contribution is -2.23. The number of carboxylic acid groups (broad SMARTS) is 1. The minimum atomic E-state index is -1.93. The Kier molecular flexibility index (Phi) is 2.41. The number of benzene rings is 1. The Labute approximate surface area is 75.7 Å². The summed E-state index contributed by atoms with van der Waals surface area (Å²) in [6.07, 6.45) is 0. The average molecular weight is 202 g/mol. The van der Waals surface area contributed by atoms with Crippen molar-refractivity contribution in [2.24, 2.45) is 0 Å². The highest BCUT2D eigenvalue weighted by Gasteiger charge is 2.18. The van der Waals surface area contributed by atoms with Crippen molar-refractivity contribution in [2.45, 2.75) is 0 Å². The van der Waals surface area contributed by atoms with E-state index in [-0.39, 0.29) is 12.1 Å². The van der Waals surface area contributed by atoms with Gasteiger partial charge in [0.05, 0.1) is 17.0 Å². The molecular weight excluding hydrogens is 200 g/mol. The number of nitro benzene ring substituents is 1. The van der Waals surface area contributed by atoms with Crippen LogP contribution in [0.3, 0.4) is 0 Å². The zero-order valence-corrected chi connectivity index (χ0v) is 6.49. The van der Waals surface area contributed by atoms with Gasteiger partial charge in [0.15, 0.2) is 0 Å². The van der Waals surface area contributed by atoms with Crippen LogP contribution in [0.15, 0.2) is 12.1 Å². The van der Waals surface area contributed by atoms with E-state index in [1.807, 2.05) is 0 Å². The van der Waals surface area contributed by atoms with E-state index in [2.05, 4.69) is 0 Å². The number of hydrogen-bond acceptors (Lipinski definition) is 4. The van der Waals surface area contributed by atoms with Gasteiger partial charge in [-0.3, -0.25) is 10.1 Å². The number of carboxylic acids is 1. The molecule has 0 saturated carbocycles. The Bertz CT molecular complexity index is 379. The highest BCUT2D eigenvalue weighted by Crippen LogP contribution is 2.20. The van der Waals surface area contributed by atoms with Gasteiger partial charge >= 0.3 is 5.69 Å². The van der Waals surface area contributed by atoms with Crippen LogP contribution in [0.2, 0.25) is 0 Å². The molecule has 0 aliphatic carbocycles. The minimum absolute atomic E-state index is 0.195. The van der Waals surface area contributed by atoms with Crippen LogP contribution in [0.25, 0.3) is 0 Å². The van der Waals surface area contributed by atoms with Crippen LogP contribution in [0.5, 0.6) is 0 Å². The maximum atomic E-state index is 12.7.